The van der Waals surface area contributed by atoms with Crippen LogP contribution in [0, 0.1) is 11.6 Å². The number of methoxy groups -OCH3 is 1. The number of hydrogen-bond donors (Lipinski definition) is 1. The van der Waals surface area contributed by atoms with Gasteiger partial charge in [-0.1, -0.05) is 6.07 Å². The summed E-state index contributed by atoms with van der Waals surface area (Å²) in [6.45, 7) is 5.88. The molecular formula is C31H38F2N4O2. The zero-order valence-electron chi connectivity index (χ0n) is 22.8. The van der Waals surface area contributed by atoms with Gasteiger partial charge in [0.1, 0.15) is 5.75 Å². The molecule has 2 fully saturated rings. The van der Waals surface area contributed by atoms with Gasteiger partial charge in [-0.3, -0.25) is 4.98 Å². The second-order valence-electron chi connectivity index (χ2n) is 11.0. The monoisotopic (exact) mass is 536 g/mol. The molecule has 3 aromatic rings. The second kappa shape index (κ2) is 11.6. The van der Waals surface area contributed by atoms with Crippen LogP contribution in [0.2, 0.25) is 0 Å². The van der Waals surface area contributed by atoms with Crippen molar-refractivity contribution in [2.24, 2.45) is 0 Å². The van der Waals surface area contributed by atoms with E-state index in [1.807, 2.05) is 4.90 Å². The van der Waals surface area contributed by atoms with Crippen LogP contribution in [-0.2, 0) is 24.2 Å². The van der Waals surface area contributed by atoms with Gasteiger partial charge in [-0.25, -0.2) is 8.78 Å². The van der Waals surface area contributed by atoms with Crippen molar-refractivity contribution in [2.45, 2.75) is 57.6 Å². The number of anilines is 2. The van der Waals surface area contributed by atoms with Crippen LogP contribution >= 0.6 is 0 Å². The molecule has 3 heterocycles. The highest BCUT2D eigenvalue weighted by Crippen LogP contribution is 2.38. The first-order valence-corrected chi connectivity index (χ1v) is 14.4. The fourth-order valence-corrected chi connectivity index (χ4v) is 6.39. The first-order chi connectivity index (χ1) is 19.1. The van der Waals surface area contributed by atoms with E-state index in [2.05, 4.69) is 22.3 Å². The lowest BCUT2D eigenvalue weighted by atomic mass is 10.00. The van der Waals surface area contributed by atoms with E-state index in [0.29, 0.717) is 32.0 Å². The van der Waals surface area contributed by atoms with E-state index in [0.717, 1.165) is 66.6 Å². The van der Waals surface area contributed by atoms with E-state index in [1.165, 1.54) is 43.3 Å². The van der Waals surface area contributed by atoms with E-state index in [9.17, 15) is 8.78 Å². The van der Waals surface area contributed by atoms with Crippen molar-refractivity contribution in [1.29, 1.82) is 0 Å². The molecule has 0 radical (unpaired) electrons. The molecule has 1 aliphatic carbocycles. The Morgan fingerprint density at radius 1 is 1.03 bits per heavy atom. The molecular weight excluding hydrogens is 498 g/mol. The summed E-state index contributed by atoms with van der Waals surface area (Å²) in [6.07, 6.45) is 7.37. The van der Waals surface area contributed by atoms with Gasteiger partial charge in [0.15, 0.2) is 11.6 Å². The Morgan fingerprint density at radius 2 is 1.85 bits per heavy atom. The predicted molar refractivity (Wildman–Crippen MR) is 151 cm³/mol. The van der Waals surface area contributed by atoms with E-state index in [-0.39, 0.29) is 6.04 Å². The summed E-state index contributed by atoms with van der Waals surface area (Å²) in [5.41, 5.74) is 5.98. The van der Waals surface area contributed by atoms with E-state index >= 15 is 0 Å². The van der Waals surface area contributed by atoms with Crippen molar-refractivity contribution in [2.75, 3.05) is 56.7 Å². The summed E-state index contributed by atoms with van der Waals surface area (Å²) >= 11 is 0. The highest BCUT2D eigenvalue weighted by molar-refractivity contribution is 5.95. The minimum Gasteiger partial charge on any atom is -0.496 e. The molecule has 2 aromatic carbocycles. The van der Waals surface area contributed by atoms with Gasteiger partial charge in [0.25, 0.3) is 0 Å². The number of benzene rings is 2. The Hall–Kier alpha value is -2.97. The lowest BCUT2D eigenvalue weighted by Gasteiger charge is -2.35. The summed E-state index contributed by atoms with van der Waals surface area (Å²) in [6, 6.07) is 8.89. The third-order valence-electron chi connectivity index (χ3n) is 8.54. The minimum absolute atomic E-state index is 0.243. The van der Waals surface area contributed by atoms with Gasteiger partial charge in [-0.15, -0.1) is 0 Å². The maximum Gasteiger partial charge on any atom is 0.182 e. The second-order valence-corrected chi connectivity index (χ2v) is 11.0. The molecule has 0 unspecified atom stereocenters. The summed E-state index contributed by atoms with van der Waals surface area (Å²) in [5, 5.41) is 4.93. The van der Waals surface area contributed by atoms with Crippen LogP contribution in [0.3, 0.4) is 0 Å². The third-order valence-corrected chi connectivity index (χ3v) is 8.54. The molecule has 0 bridgehead atoms. The number of aromatic nitrogens is 1. The standard InChI is InChI=1S/C31H38F2N4O2/c1-38-29-19-24-27(18-21(29)20-39-17-16-36-12-2-3-13-36)35-26-8-4-6-23(26)31(24)34-22-10-14-37(15-11-22)28-9-5-7-25(32)30(28)33/h5,7,9,18-19,22H,2-4,6,8,10-17,20H2,1H3,(H,34,35). The molecule has 6 rings (SSSR count). The Bertz CT molecular complexity index is 1320. The fraction of sp³-hybridized carbons (Fsp3) is 0.516. The summed E-state index contributed by atoms with van der Waals surface area (Å²) in [7, 11) is 1.71. The number of nitrogens with zero attached hydrogens (tertiary/aromatic N) is 3. The van der Waals surface area contributed by atoms with Crippen LogP contribution < -0.4 is 15.0 Å². The number of rotatable bonds is 9. The smallest absolute Gasteiger partial charge is 0.182 e. The van der Waals surface area contributed by atoms with Crippen molar-refractivity contribution in [3.63, 3.8) is 0 Å². The van der Waals surface area contributed by atoms with E-state index < -0.39 is 11.6 Å². The number of nitrogens with one attached hydrogen (secondary N) is 1. The number of piperidine rings is 1. The Balaban J connectivity index is 1.19. The molecule has 0 atom stereocenters. The molecule has 39 heavy (non-hydrogen) atoms. The van der Waals surface area contributed by atoms with E-state index in [4.69, 9.17) is 14.5 Å². The minimum atomic E-state index is -0.795. The van der Waals surface area contributed by atoms with Crippen LogP contribution in [0.5, 0.6) is 5.75 Å². The van der Waals surface area contributed by atoms with Gasteiger partial charge >= 0.3 is 0 Å². The normalized spacial score (nSPS) is 18.2. The molecule has 0 saturated carbocycles. The van der Waals surface area contributed by atoms with Crippen molar-refractivity contribution in [3.8, 4) is 5.75 Å². The van der Waals surface area contributed by atoms with Gasteiger partial charge in [-0.2, -0.15) is 0 Å². The number of halogens is 2. The lowest BCUT2D eigenvalue weighted by molar-refractivity contribution is 0.0979. The molecule has 3 aliphatic rings. The zero-order chi connectivity index (χ0) is 26.8. The largest absolute Gasteiger partial charge is 0.496 e. The average molecular weight is 537 g/mol. The van der Waals surface area contributed by atoms with E-state index in [1.54, 1.807) is 19.2 Å². The molecule has 1 N–H and O–H groups in total. The maximum atomic E-state index is 14.4. The molecule has 2 saturated heterocycles. The zero-order valence-corrected chi connectivity index (χ0v) is 22.8. The van der Waals surface area contributed by atoms with Crippen LogP contribution in [0.25, 0.3) is 10.9 Å². The first-order valence-electron chi connectivity index (χ1n) is 14.4. The van der Waals surface area contributed by atoms with Gasteiger partial charge < -0.3 is 24.6 Å². The number of hydrogen-bond acceptors (Lipinski definition) is 6. The molecule has 208 valence electrons. The lowest BCUT2D eigenvalue weighted by Crippen LogP contribution is -2.39. The molecule has 0 amide bonds. The summed E-state index contributed by atoms with van der Waals surface area (Å²) in [5.74, 6) is -0.732. The Labute approximate surface area is 229 Å². The van der Waals surface area contributed by atoms with Gasteiger partial charge in [-0.05, 0) is 87.9 Å². The van der Waals surface area contributed by atoms with Crippen molar-refractivity contribution in [3.05, 3.63) is 58.8 Å². The molecule has 1 aromatic heterocycles. The van der Waals surface area contributed by atoms with Crippen LogP contribution in [0.4, 0.5) is 20.2 Å². The topological polar surface area (TPSA) is 49.9 Å². The summed E-state index contributed by atoms with van der Waals surface area (Å²) in [4.78, 5) is 9.47. The SMILES string of the molecule is COc1cc2c(NC3CCN(c4cccc(F)c4F)CC3)c3c(nc2cc1COCCN1CCCC1)CCC3. The highest BCUT2D eigenvalue weighted by atomic mass is 19.2. The van der Waals surface area contributed by atoms with Gasteiger partial charge in [0.2, 0.25) is 0 Å². The molecule has 6 nitrogen and oxygen atoms in total. The number of likely N-dealkylation sites (tertiary alicyclic amines) is 1. The van der Waals surface area contributed by atoms with Gasteiger partial charge in [0, 0.05) is 48.0 Å². The van der Waals surface area contributed by atoms with Crippen molar-refractivity contribution < 1.29 is 18.3 Å². The molecule has 2 aliphatic heterocycles. The highest BCUT2D eigenvalue weighted by Gasteiger charge is 2.26. The maximum absolute atomic E-state index is 14.4. The fourth-order valence-electron chi connectivity index (χ4n) is 6.39. The van der Waals surface area contributed by atoms with Crippen molar-refractivity contribution in [1.82, 2.24) is 9.88 Å². The first kappa shape index (κ1) is 26.3. The number of aryl methyl sites for hydroxylation is 1. The van der Waals surface area contributed by atoms with Gasteiger partial charge in [0.05, 0.1) is 31.5 Å². The third kappa shape index (κ3) is 5.54. The van der Waals surface area contributed by atoms with Crippen LogP contribution in [0.15, 0.2) is 30.3 Å². The van der Waals surface area contributed by atoms with Crippen LogP contribution in [0.1, 0.15) is 48.9 Å². The number of pyridine rings is 1. The van der Waals surface area contributed by atoms with Crippen molar-refractivity contribution >= 4 is 22.3 Å². The Kier molecular flexibility index (Phi) is 7.84. The number of fused-ring (bicyclic) bond motifs is 2. The predicted octanol–water partition coefficient (Wildman–Crippen LogP) is 5.70. The molecule has 0 spiro atoms. The quantitative estimate of drug-likeness (QED) is 0.354. The summed E-state index contributed by atoms with van der Waals surface area (Å²) < 4.78 is 40.0. The van der Waals surface area contributed by atoms with Crippen LogP contribution in [-0.4, -0.2) is 62.4 Å². The Morgan fingerprint density at radius 3 is 2.64 bits per heavy atom. The average Bonchev–Trinajstić information content (AvgIpc) is 3.65. The molecule has 8 heteroatoms. The number of ether oxygens (including phenoxy) is 2.